The molecule has 1 amide bonds. The maximum Gasteiger partial charge on any atom is 0.220 e. The summed E-state index contributed by atoms with van der Waals surface area (Å²) >= 11 is 0. The highest BCUT2D eigenvalue weighted by molar-refractivity contribution is 5.77. The van der Waals surface area contributed by atoms with E-state index in [1.54, 1.807) is 12.1 Å². The first-order chi connectivity index (χ1) is 16.9. The van der Waals surface area contributed by atoms with Crippen LogP contribution in [0, 0.1) is 11.7 Å². The average Bonchev–Trinajstić information content (AvgIpc) is 2.86. The fourth-order valence-corrected chi connectivity index (χ4v) is 5.43. The van der Waals surface area contributed by atoms with Crippen molar-refractivity contribution in [1.29, 1.82) is 0 Å². The third kappa shape index (κ3) is 7.02. The van der Waals surface area contributed by atoms with Gasteiger partial charge in [-0.2, -0.15) is 0 Å². The van der Waals surface area contributed by atoms with Crippen LogP contribution in [0.4, 0.5) is 4.39 Å². The standard InChI is InChI=1S/C31H36FNO2/c1-31(2)22-26(18-20-35-31)28(23-9-5-3-6-10-23)17-19-33-30(34)21-29(24-11-7-4-8-12-24)25-13-15-27(32)16-14-25/h3-16,26,28-29H,17-22H2,1-2H3,(H,33,34)/t26-,28+,29+/m1/s1. The number of benzene rings is 3. The van der Waals surface area contributed by atoms with Crippen molar-refractivity contribution in [1.82, 2.24) is 5.32 Å². The van der Waals surface area contributed by atoms with Gasteiger partial charge in [0.15, 0.2) is 0 Å². The SMILES string of the molecule is CC1(C)C[C@H]([C@@H](CCNC(=O)C[C@@H](c2ccccc2)c2ccc(F)cc2)c2ccccc2)CCO1. The number of rotatable bonds is 9. The van der Waals surface area contributed by atoms with E-state index in [1.165, 1.54) is 17.7 Å². The summed E-state index contributed by atoms with van der Waals surface area (Å²) in [5.41, 5.74) is 3.22. The minimum absolute atomic E-state index is 0.0160. The van der Waals surface area contributed by atoms with Crippen molar-refractivity contribution in [3.8, 4) is 0 Å². The van der Waals surface area contributed by atoms with Gasteiger partial charge in [-0.1, -0.05) is 72.8 Å². The predicted molar refractivity (Wildman–Crippen MR) is 139 cm³/mol. The highest BCUT2D eigenvalue weighted by Crippen LogP contribution is 2.39. The molecule has 3 aromatic carbocycles. The Morgan fingerprint density at radius 2 is 1.54 bits per heavy atom. The molecule has 0 aliphatic carbocycles. The van der Waals surface area contributed by atoms with E-state index in [1.807, 2.05) is 30.3 Å². The maximum absolute atomic E-state index is 13.5. The Morgan fingerprint density at radius 1 is 0.943 bits per heavy atom. The summed E-state index contributed by atoms with van der Waals surface area (Å²) in [6, 6.07) is 27.1. The fraction of sp³-hybridized carbons (Fsp3) is 0.387. The number of halogens is 1. The lowest BCUT2D eigenvalue weighted by Crippen LogP contribution is -2.37. The second-order valence-corrected chi connectivity index (χ2v) is 10.2. The molecule has 4 heteroatoms. The maximum atomic E-state index is 13.5. The van der Waals surface area contributed by atoms with E-state index in [0.717, 1.165) is 37.0 Å². The van der Waals surface area contributed by atoms with Gasteiger partial charge < -0.3 is 10.1 Å². The Bertz CT molecular complexity index is 1070. The number of nitrogens with one attached hydrogen (secondary N) is 1. The molecule has 0 bridgehead atoms. The lowest BCUT2D eigenvalue weighted by molar-refractivity contribution is -0.121. The fourth-order valence-electron chi connectivity index (χ4n) is 5.43. The molecule has 1 fully saturated rings. The van der Waals surface area contributed by atoms with Crippen LogP contribution < -0.4 is 5.32 Å². The summed E-state index contributed by atoms with van der Waals surface area (Å²) < 4.78 is 19.5. The van der Waals surface area contributed by atoms with Gasteiger partial charge in [0.05, 0.1) is 5.60 Å². The van der Waals surface area contributed by atoms with Crippen LogP contribution in [0.2, 0.25) is 0 Å². The number of ether oxygens (including phenoxy) is 1. The van der Waals surface area contributed by atoms with E-state index >= 15 is 0 Å². The van der Waals surface area contributed by atoms with Gasteiger partial charge in [0.1, 0.15) is 5.82 Å². The summed E-state index contributed by atoms with van der Waals surface area (Å²) in [6.07, 6.45) is 3.28. The Balaban J connectivity index is 1.42. The Morgan fingerprint density at radius 3 is 2.17 bits per heavy atom. The average molecular weight is 474 g/mol. The molecule has 1 aliphatic heterocycles. The second kappa shape index (κ2) is 11.6. The lowest BCUT2D eigenvalue weighted by Gasteiger charge is -2.39. The molecule has 4 rings (SSSR count). The normalized spacial score (nSPS) is 19.0. The van der Waals surface area contributed by atoms with E-state index in [0.29, 0.717) is 24.8 Å². The van der Waals surface area contributed by atoms with Crippen LogP contribution in [0.25, 0.3) is 0 Å². The molecular formula is C31H36FNO2. The van der Waals surface area contributed by atoms with Gasteiger partial charge in [-0.15, -0.1) is 0 Å². The molecule has 0 aromatic heterocycles. The van der Waals surface area contributed by atoms with Crippen LogP contribution in [-0.2, 0) is 9.53 Å². The minimum Gasteiger partial charge on any atom is -0.376 e. The van der Waals surface area contributed by atoms with Crippen molar-refractivity contribution in [3.63, 3.8) is 0 Å². The van der Waals surface area contributed by atoms with Crippen molar-refractivity contribution in [2.75, 3.05) is 13.2 Å². The van der Waals surface area contributed by atoms with Crippen LogP contribution in [0.1, 0.15) is 68.1 Å². The lowest BCUT2D eigenvalue weighted by atomic mass is 9.75. The van der Waals surface area contributed by atoms with Crippen LogP contribution in [0.15, 0.2) is 84.9 Å². The zero-order valence-corrected chi connectivity index (χ0v) is 20.8. The molecule has 0 unspecified atom stereocenters. The van der Waals surface area contributed by atoms with Crippen molar-refractivity contribution in [2.45, 2.75) is 57.0 Å². The molecule has 0 radical (unpaired) electrons. The third-order valence-corrected chi connectivity index (χ3v) is 7.17. The molecule has 1 saturated heterocycles. The molecule has 1 heterocycles. The van der Waals surface area contributed by atoms with Gasteiger partial charge in [0, 0.05) is 25.5 Å². The number of carbonyl (C=O) groups is 1. The first kappa shape index (κ1) is 25.1. The number of hydrogen-bond acceptors (Lipinski definition) is 2. The van der Waals surface area contributed by atoms with Gasteiger partial charge in [0.25, 0.3) is 0 Å². The van der Waals surface area contributed by atoms with Crippen LogP contribution in [0.3, 0.4) is 0 Å². The summed E-state index contributed by atoms with van der Waals surface area (Å²) in [5, 5.41) is 3.18. The Kier molecular flexibility index (Phi) is 8.35. The molecule has 0 saturated carbocycles. The zero-order valence-electron chi connectivity index (χ0n) is 20.8. The topological polar surface area (TPSA) is 38.3 Å². The highest BCUT2D eigenvalue weighted by Gasteiger charge is 2.34. The van der Waals surface area contributed by atoms with Gasteiger partial charge in [-0.05, 0) is 73.8 Å². The van der Waals surface area contributed by atoms with Gasteiger partial charge in [0.2, 0.25) is 5.91 Å². The smallest absolute Gasteiger partial charge is 0.220 e. The van der Waals surface area contributed by atoms with Crippen molar-refractivity contribution in [2.24, 2.45) is 5.92 Å². The van der Waals surface area contributed by atoms with E-state index < -0.39 is 0 Å². The minimum atomic E-state index is -0.270. The Labute approximate surface area is 208 Å². The molecule has 3 nitrogen and oxygen atoms in total. The first-order valence-corrected chi connectivity index (χ1v) is 12.7. The number of amides is 1. The molecule has 0 spiro atoms. The molecule has 35 heavy (non-hydrogen) atoms. The van der Waals surface area contributed by atoms with E-state index in [4.69, 9.17) is 4.74 Å². The molecule has 184 valence electrons. The van der Waals surface area contributed by atoms with Gasteiger partial charge >= 0.3 is 0 Å². The van der Waals surface area contributed by atoms with Crippen molar-refractivity contribution >= 4 is 5.91 Å². The zero-order chi connectivity index (χ0) is 24.7. The van der Waals surface area contributed by atoms with E-state index in [9.17, 15) is 9.18 Å². The molecule has 3 aromatic rings. The van der Waals surface area contributed by atoms with Gasteiger partial charge in [-0.25, -0.2) is 4.39 Å². The number of hydrogen-bond donors (Lipinski definition) is 1. The van der Waals surface area contributed by atoms with Crippen LogP contribution in [-0.4, -0.2) is 24.7 Å². The molecule has 3 atom stereocenters. The Hall–Kier alpha value is -2.98. The first-order valence-electron chi connectivity index (χ1n) is 12.7. The van der Waals surface area contributed by atoms with Crippen molar-refractivity contribution in [3.05, 3.63) is 107 Å². The third-order valence-electron chi connectivity index (χ3n) is 7.17. The molecular weight excluding hydrogens is 437 g/mol. The predicted octanol–water partition coefficient (Wildman–Crippen LogP) is 6.84. The summed E-state index contributed by atoms with van der Waals surface area (Å²) in [6.45, 7) is 5.75. The largest absolute Gasteiger partial charge is 0.376 e. The van der Waals surface area contributed by atoms with Crippen LogP contribution in [0.5, 0.6) is 0 Å². The van der Waals surface area contributed by atoms with Gasteiger partial charge in [-0.3, -0.25) is 4.79 Å². The highest BCUT2D eigenvalue weighted by atomic mass is 19.1. The summed E-state index contributed by atoms with van der Waals surface area (Å²) in [7, 11) is 0. The summed E-state index contributed by atoms with van der Waals surface area (Å²) in [4.78, 5) is 13.1. The van der Waals surface area contributed by atoms with Crippen molar-refractivity contribution < 1.29 is 13.9 Å². The molecule has 1 aliphatic rings. The van der Waals surface area contributed by atoms with E-state index in [-0.39, 0.29) is 23.2 Å². The quantitative estimate of drug-likeness (QED) is 0.369. The summed E-state index contributed by atoms with van der Waals surface area (Å²) in [5.74, 6) is 0.532. The number of carbonyl (C=O) groups excluding carboxylic acids is 1. The monoisotopic (exact) mass is 473 g/mol. The second-order valence-electron chi connectivity index (χ2n) is 10.2. The van der Waals surface area contributed by atoms with E-state index in [2.05, 4.69) is 49.5 Å². The van der Waals surface area contributed by atoms with Crippen LogP contribution >= 0.6 is 0 Å². The molecule has 1 N–H and O–H groups in total.